The molecular formula is C12H18N4O4. The molecule has 8 nitrogen and oxygen atoms in total. The summed E-state index contributed by atoms with van der Waals surface area (Å²) in [5, 5.41) is 13.2. The van der Waals surface area contributed by atoms with Crippen LogP contribution >= 0.6 is 0 Å². The van der Waals surface area contributed by atoms with E-state index in [9.17, 15) is 9.59 Å². The number of hydrogen-bond donors (Lipinski definition) is 2. The summed E-state index contributed by atoms with van der Waals surface area (Å²) >= 11 is 0. The first-order chi connectivity index (χ1) is 9.49. The maximum absolute atomic E-state index is 11.8. The molecule has 2 atom stereocenters. The molecule has 110 valence electrons. The quantitative estimate of drug-likeness (QED) is 0.750. The van der Waals surface area contributed by atoms with Gasteiger partial charge in [0, 0.05) is 20.2 Å². The van der Waals surface area contributed by atoms with Gasteiger partial charge in [-0.25, -0.2) is 4.79 Å². The Morgan fingerprint density at radius 2 is 2.40 bits per heavy atom. The minimum atomic E-state index is -0.449. The lowest BCUT2D eigenvalue weighted by Crippen LogP contribution is -2.29. The number of carbonyl (C=O) groups is 1. The van der Waals surface area contributed by atoms with Gasteiger partial charge in [-0.2, -0.15) is 10.0 Å². The predicted octanol–water partition coefficient (Wildman–Crippen LogP) is -0.802. The smallest absolute Gasteiger partial charge is 0.349 e. The van der Waals surface area contributed by atoms with Crippen LogP contribution in [0.15, 0.2) is 17.1 Å². The summed E-state index contributed by atoms with van der Waals surface area (Å²) in [5.41, 5.74) is -0.449. The highest BCUT2D eigenvalue weighted by Crippen LogP contribution is 2.19. The maximum atomic E-state index is 11.8. The average Bonchev–Trinajstić information content (AvgIpc) is 2.72. The zero-order chi connectivity index (χ0) is 14.7. The van der Waals surface area contributed by atoms with Crippen LogP contribution in [0.5, 0.6) is 0 Å². The van der Waals surface area contributed by atoms with Gasteiger partial charge in [-0.05, 0) is 12.5 Å². The van der Waals surface area contributed by atoms with Crippen molar-refractivity contribution < 1.29 is 14.7 Å². The number of aromatic nitrogens is 2. The number of hydroxylamine groups is 2. The third-order valence-corrected chi connectivity index (χ3v) is 3.15. The van der Waals surface area contributed by atoms with Crippen molar-refractivity contribution in [2.45, 2.75) is 32.0 Å². The van der Waals surface area contributed by atoms with E-state index in [4.69, 9.17) is 9.94 Å². The number of likely N-dealkylation sites (N-methyl/N-ethyl adjacent to an activating group) is 1. The highest BCUT2D eigenvalue weighted by Gasteiger charge is 2.30. The first-order valence-corrected chi connectivity index (χ1v) is 6.35. The van der Waals surface area contributed by atoms with Crippen molar-refractivity contribution in [2.75, 3.05) is 19.0 Å². The van der Waals surface area contributed by atoms with Gasteiger partial charge in [0.15, 0.2) is 0 Å². The second-order valence-corrected chi connectivity index (χ2v) is 4.77. The van der Waals surface area contributed by atoms with E-state index in [1.165, 1.54) is 11.5 Å². The molecule has 8 heteroatoms. The molecule has 0 aliphatic carbocycles. The summed E-state index contributed by atoms with van der Waals surface area (Å²) in [6.45, 7) is 1.72. The number of rotatable bonds is 4. The number of carbonyl (C=O) groups excluding carboxylic acids is 1. The molecule has 1 aliphatic rings. The lowest BCUT2D eigenvalue weighted by atomic mass is 10.1. The third-order valence-electron chi connectivity index (χ3n) is 3.15. The van der Waals surface area contributed by atoms with E-state index < -0.39 is 5.69 Å². The van der Waals surface area contributed by atoms with Crippen molar-refractivity contribution in [3.63, 3.8) is 0 Å². The Hall–Kier alpha value is -1.77. The van der Waals surface area contributed by atoms with Gasteiger partial charge >= 0.3 is 5.69 Å². The number of nitrogens with one attached hydrogen (secondary N) is 1. The van der Waals surface area contributed by atoms with Crippen LogP contribution in [-0.2, 0) is 16.2 Å². The van der Waals surface area contributed by atoms with Crippen LogP contribution in [-0.4, -0.2) is 51.4 Å². The van der Waals surface area contributed by atoms with Crippen LogP contribution in [0.2, 0.25) is 0 Å². The van der Waals surface area contributed by atoms with E-state index in [0.29, 0.717) is 13.0 Å². The van der Waals surface area contributed by atoms with Gasteiger partial charge in [0.05, 0.1) is 25.3 Å². The number of anilines is 1. The summed E-state index contributed by atoms with van der Waals surface area (Å²) in [5.74, 6) is -0.0439. The molecule has 20 heavy (non-hydrogen) atoms. The topological polar surface area (TPSA) is 96.7 Å². The van der Waals surface area contributed by atoms with Crippen LogP contribution in [0.3, 0.4) is 0 Å². The molecule has 1 aromatic rings. The Balaban J connectivity index is 2.04. The molecule has 2 rings (SSSR count). The standard InChI is InChI=1S/C12H18N4O4/c1-8(18)13-11-3-4-16(12(19)14-11)6-10-5-9(7-17)15(2)20-10/h3-4,9-10,17H,5-7H2,1-2H3,(H,13,14,18,19)/t9-,10+/m0/s1. The molecule has 0 aromatic carbocycles. The molecule has 1 aromatic heterocycles. The van der Waals surface area contributed by atoms with Crippen LogP contribution < -0.4 is 11.0 Å². The van der Waals surface area contributed by atoms with E-state index in [-0.39, 0.29) is 30.5 Å². The molecule has 1 amide bonds. The van der Waals surface area contributed by atoms with Gasteiger partial charge < -0.3 is 10.4 Å². The Morgan fingerprint density at radius 3 is 2.95 bits per heavy atom. The van der Waals surface area contributed by atoms with Gasteiger partial charge in [0.2, 0.25) is 5.91 Å². The van der Waals surface area contributed by atoms with Gasteiger partial charge in [-0.1, -0.05) is 0 Å². The van der Waals surface area contributed by atoms with Gasteiger partial charge in [-0.15, -0.1) is 0 Å². The first-order valence-electron chi connectivity index (χ1n) is 6.35. The summed E-state index contributed by atoms with van der Waals surface area (Å²) in [6, 6.07) is 1.51. The van der Waals surface area contributed by atoms with Crippen molar-refractivity contribution in [1.82, 2.24) is 14.6 Å². The molecule has 1 fully saturated rings. The molecule has 1 aliphatic heterocycles. The third kappa shape index (κ3) is 3.41. The second-order valence-electron chi connectivity index (χ2n) is 4.77. The summed E-state index contributed by atoms with van der Waals surface area (Å²) in [4.78, 5) is 32.0. The van der Waals surface area contributed by atoms with Crippen LogP contribution in [0, 0.1) is 0 Å². The molecule has 1 saturated heterocycles. The lowest BCUT2D eigenvalue weighted by molar-refractivity contribution is -0.151. The Bertz CT molecular complexity index is 545. The monoisotopic (exact) mass is 282 g/mol. The highest BCUT2D eigenvalue weighted by molar-refractivity contribution is 5.87. The van der Waals surface area contributed by atoms with Gasteiger partial charge in [0.1, 0.15) is 5.82 Å². The number of aliphatic hydroxyl groups excluding tert-OH is 1. The van der Waals surface area contributed by atoms with Crippen LogP contribution in [0.25, 0.3) is 0 Å². The lowest BCUT2D eigenvalue weighted by Gasteiger charge is -2.14. The summed E-state index contributed by atoms with van der Waals surface area (Å²) < 4.78 is 1.42. The zero-order valence-electron chi connectivity index (χ0n) is 11.4. The highest BCUT2D eigenvalue weighted by atomic mass is 16.7. The minimum absolute atomic E-state index is 0.0155. The Kier molecular flexibility index (Phi) is 4.48. The number of hydrogen-bond acceptors (Lipinski definition) is 6. The molecular weight excluding hydrogens is 264 g/mol. The predicted molar refractivity (Wildman–Crippen MR) is 70.9 cm³/mol. The number of nitrogens with zero attached hydrogens (tertiary/aromatic N) is 3. The molecule has 0 saturated carbocycles. The maximum Gasteiger partial charge on any atom is 0.349 e. The summed E-state index contributed by atoms with van der Waals surface area (Å²) in [7, 11) is 1.75. The van der Waals surface area contributed by atoms with Crippen molar-refractivity contribution in [3.8, 4) is 0 Å². The van der Waals surface area contributed by atoms with E-state index in [1.807, 2.05) is 0 Å². The normalized spacial score (nSPS) is 22.9. The minimum Gasteiger partial charge on any atom is -0.395 e. The Labute approximate surface area is 115 Å². The first kappa shape index (κ1) is 14.6. The zero-order valence-corrected chi connectivity index (χ0v) is 11.4. The molecule has 2 N–H and O–H groups in total. The largest absolute Gasteiger partial charge is 0.395 e. The number of aliphatic hydroxyl groups is 1. The molecule has 0 unspecified atom stereocenters. The van der Waals surface area contributed by atoms with Crippen molar-refractivity contribution in [2.24, 2.45) is 0 Å². The van der Waals surface area contributed by atoms with E-state index in [0.717, 1.165) is 0 Å². The van der Waals surface area contributed by atoms with Crippen LogP contribution in [0.4, 0.5) is 5.82 Å². The fourth-order valence-electron chi connectivity index (χ4n) is 2.15. The van der Waals surface area contributed by atoms with E-state index in [2.05, 4.69) is 10.3 Å². The Morgan fingerprint density at radius 1 is 1.65 bits per heavy atom. The fourth-order valence-corrected chi connectivity index (χ4v) is 2.15. The molecule has 0 spiro atoms. The molecule has 2 heterocycles. The average molecular weight is 282 g/mol. The summed E-state index contributed by atoms with van der Waals surface area (Å²) in [6.07, 6.45) is 2.03. The van der Waals surface area contributed by atoms with E-state index in [1.54, 1.807) is 24.4 Å². The van der Waals surface area contributed by atoms with Crippen molar-refractivity contribution in [3.05, 3.63) is 22.7 Å². The van der Waals surface area contributed by atoms with Gasteiger partial charge in [-0.3, -0.25) is 14.2 Å². The fraction of sp³-hybridized carbons (Fsp3) is 0.583. The van der Waals surface area contributed by atoms with Crippen molar-refractivity contribution in [1.29, 1.82) is 0 Å². The number of amides is 1. The van der Waals surface area contributed by atoms with Gasteiger partial charge in [0.25, 0.3) is 0 Å². The van der Waals surface area contributed by atoms with E-state index >= 15 is 0 Å². The van der Waals surface area contributed by atoms with Crippen molar-refractivity contribution >= 4 is 11.7 Å². The molecule has 0 bridgehead atoms. The van der Waals surface area contributed by atoms with Crippen LogP contribution in [0.1, 0.15) is 13.3 Å². The SMILES string of the molecule is CC(=O)Nc1ccn(C[C@H]2C[C@@H](CO)N(C)O2)c(=O)n1. The second kappa shape index (κ2) is 6.12. The molecule has 0 radical (unpaired) electrons.